The zero-order chi connectivity index (χ0) is 15.6. The summed E-state index contributed by atoms with van der Waals surface area (Å²) in [7, 11) is 0. The number of hydrogen-bond acceptors (Lipinski definition) is 4. The smallest absolute Gasteiger partial charge is 0.127 e. The van der Waals surface area contributed by atoms with Crippen LogP contribution >= 0.6 is 0 Å². The van der Waals surface area contributed by atoms with Gasteiger partial charge in [0.15, 0.2) is 0 Å². The average Bonchev–Trinajstić information content (AvgIpc) is 2.53. The quantitative estimate of drug-likeness (QED) is 0.943. The van der Waals surface area contributed by atoms with Gasteiger partial charge in [-0.2, -0.15) is 0 Å². The fourth-order valence-corrected chi connectivity index (χ4v) is 3.63. The number of nitrogens with zero attached hydrogens (tertiary/aromatic N) is 2. The van der Waals surface area contributed by atoms with Gasteiger partial charge in [-0.15, -0.1) is 0 Å². The summed E-state index contributed by atoms with van der Waals surface area (Å²) < 4.78 is 6.06. The second-order valence-electron chi connectivity index (χ2n) is 6.95. The highest BCUT2D eigenvalue weighted by Gasteiger charge is 2.31. The van der Waals surface area contributed by atoms with Crippen LogP contribution < -0.4 is 4.74 Å². The van der Waals surface area contributed by atoms with Gasteiger partial charge in [0.1, 0.15) is 18.0 Å². The Kier molecular flexibility index (Phi) is 4.19. The van der Waals surface area contributed by atoms with Gasteiger partial charge in [-0.1, -0.05) is 12.5 Å². The van der Waals surface area contributed by atoms with Gasteiger partial charge in [0.05, 0.1) is 0 Å². The number of aliphatic hydroxyl groups is 1. The molecule has 2 heterocycles. The number of likely N-dealkylation sites (tertiary alicyclic amines) is 1. The second kappa shape index (κ2) is 6.46. The Morgan fingerprint density at radius 2 is 2.09 bits per heavy atom. The molecule has 1 N–H and O–H groups in total. The Morgan fingerprint density at radius 1 is 1.17 bits per heavy atom. The van der Waals surface area contributed by atoms with Gasteiger partial charge < -0.3 is 14.7 Å². The van der Waals surface area contributed by atoms with Crippen LogP contribution in [-0.4, -0.2) is 46.8 Å². The lowest BCUT2D eigenvalue weighted by atomic mass is 9.84. The van der Waals surface area contributed by atoms with Crippen molar-refractivity contribution in [2.75, 3.05) is 19.6 Å². The lowest BCUT2D eigenvalue weighted by molar-refractivity contribution is -0.0316. The Morgan fingerprint density at radius 3 is 2.87 bits per heavy atom. The summed E-state index contributed by atoms with van der Waals surface area (Å²) in [5.74, 6) is 1.68. The summed E-state index contributed by atoms with van der Waals surface area (Å²) in [5, 5.41) is 12.7. The van der Waals surface area contributed by atoms with Gasteiger partial charge in [-0.05, 0) is 48.8 Å². The molecule has 2 atom stereocenters. The Hall–Kier alpha value is -1.65. The maximum atomic E-state index is 10.4. The Bertz CT molecular complexity index is 671. The molecule has 23 heavy (non-hydrogen) atoms. The van der Waals surface area contributed by atoms with Crippen LogP contribution in [0.1, 0.15) is 25.7 Å². The van der Waals surface area contributed by atoms with E-state index in [-0.39, 0.29) is 6.10 Å². The summed E-state index contributed by atoms with van der Waals surface area (Å²) in [4.78, 5) is 6.56. The lowest BCUT2D eigenvalue weighted by Crippen LogP contribution is -2.50. The number of ether oxygens (including phenoxy) is 1. The first-order valence-corrected chi connectivity index (χ1v) is 8.69. The van der Waals surface area contributed by atoms with Crippen LogP contribution in [-0.2, 0) is 0 Å². The van der Waals surface area contributed by atoms with Crippen LogP contribution in [0.15, 0.2) is 36.7 Å². The summed E-state index contributed by atoms with van der Waals surface area (Å²) in [6.45, 7) is 2.90. The molecule has 1 saturated heterocycles. The highest BCUT2D eigenvalue weighted by atomic mass is 16.5. The molecule has 1 aromatic carbocycles. The second-order valence-corrected chi connectivity index (χ2v) is 6.95. The maximum Gasteiger partial charge on any atom is 0.127 e. The third-order valence-electron chi connectivity index (χ3n) is 5.24. The van der Waals surface area contributed by atoms with E-state index < -0.39 is 6.10 Å². The fraction of sp³-hybridized carbons (Fsp3) is 0.526. The minimum Gasteiger partial charge on any atom is -0.488 e. The first-order chi connectivity index (χ1) is 11.3. The summed E-state index contributed by atoms with van der Waals surface area (Å²) in [6, 6.07) is 8.03. The summed E-state index contributed by atoms with van der Waals surface area (Å²) in [5.41, 5.74) is 0. The molecule has 2 fully saturated rings. The van der Waals surface area contributed by atoms with Crippen molar-refractivity contribution in [2.24, 2.45) is 5.92 Å². The Balaban J connectivity index is 1.38. The topological polar surface area (TPSA) is 45.6 Å². The highest BCUT2D eigenvalue weighted by Crippen LogP contribution is 2.29. The van der Waals surface area contributed by atoms with Crippen molar-refractivity contribution >= 4 is 10.8 Å². The van der Waals surface area contributed by atoms with Crippen molar-refractivity contribution in [3.63, 3.8) is 0 Å². The predicted octanol–water partition coefficient (Wildman–Crippen LogP) is 2.85. The normalized spacial score (nSPS) is 26.1. The van der Waals surface area contributed by atoms with Crippen LogP contribution in [0.5, 0.6) is 5.75 Å². The lowest BCUT2D eigenvalue weighted by Gasteiger charge is -2.39. The number of benzene rings is 1. The number of β-amino-alcohol motifs (C(OH)–C–C–N with tert-alkyl or cyclic N) is 1. The van der Waals surface area contributed by atoms with E-state index >= 15 is 0 Å². The van der Waals surface area contributed by atoms with Crippen LogP contribution in [0.3, 0.4) is 0 Å². The molecule has 2 aliphatic rings. The molecule has 1 aliphatic carbocycles. The van der Waals surface area contributed by atoms with Crippen LogP contribution in [0.2, 0.25) is 0 Å². The number of fused-ring (bicyclic) bond motifs is 1. The number of rotatable bonds is 4. The van der Waals surface area contributed by atoms with Gasteiger partial charge in [-0.3, -0.25) is 4.98 Å². The van der Waals surface area contributed by atoms with Gasteiger partial charge in [-0.25, -0.2) is 0 Å². The molecule has 0 unspecified atom stereocenters. The van der Waals surface area contributed by atoms with E-state index in [2.05, 4.69) is 9.88 Å². The Labute approximate surface area is 137 Å². The van der Waals surface area contributed by atoms with Crippen LogP contribution in [0.25, 0.3) is 10.8 Å². The molecule has 0 bridgehead atoms. The molecular weight excluding hydrogens is 288 g/mol. The molecule has 1 aromatic heterocycles. The molecular formula is C19H24N2O2. The molecule has 4 rings (SSSR count). The van der Waals surface area contributed by atoms with Crippen molar-refractivity contribution in [3.8, 4) is 5.75 Å². The highest BCUT2D eigenvalue weighted by molar-refractivity contribution is 5.82. The minimum absolute atomic E-state index is 0.109. The number of hydrogen-bond donors (Lipinski definition) is 1. The van der Waals surface area contributed by atoms with Crippen molar-refractivity contribution < 1.29 is 9.84 Å². The zero-order valence-electron chi connectivity index (χ0n) is 13.4. The third-order valence-corrected chi connectivity index (χ3v) is 5.24. The van der Waals surface area contributed by atoms with E-state index in [1.807, 2.05) is 30.5 Å². The fourth-order valence-electron chi connectivity index (χ4n) is 3.63. The van der Waals surface area contributed by atoms with E-state index in [4.69, 9.17) is 4.74 Å². The van der Waals surface area contributed by atoms with Gasteiger partial charge in [0.25, 0.3) is 0 Å². The van der Waals surface area contributed by atoms with Crippen molar-refractivity contribution in [2.45, 2.75) is 37.9 Å². The molecule has 4 nitrogen and oxygen atoms in total. The first-order valence-electron chi connectivity index (χ1n) is 8.69. The number of piperidine rings is 1. The van der Waals surface area contributed by atoms with Gasteiger partial charge in [0, 0.05) is 37.4 Å². The standard InChI is InChI=1S/C19H24N2O2/c22-18-13-21(12-14-2-1-3-14)9-7-19(18)23-17-5-4-15-6-8-20-11-16(15)10-17/h4-6,8,10-11,14,18-19,22H,1-3,7,9,12-13H2/t18-,19-/m1/s1. The van der Waals surface area contributed by atoms with Gasteiger partial charge in [0.2, 0.25) is 0 Å². The molecule has 4 heteroatoms. The van der Waals surface area contributed by atoms with Gasteiger partial charge >= 0.3 is 0 Å². The molecule has 122 valence electrons. The van der Waals surface area contributed by atoms with Crippen molar-refractivity contribution in [1.82, 2.24) is 9.88 Å². The van der Waals surface area contributed by atoms with E-state index in [1.165, 1.54) is 19.3 Å². The SMILES string of the molecule is O[C@@H]1CN(CC2CCC2)CC[C@H]1Oc1ccc2ccncc2c1. The van der Waals surface area contributed by atoms with Crippen molar-refractivity contribution in [1.29, 1.82) is 0 Å². The van der Waals surface area contributed by atoms with Crippen LogP contribution in [0.4, 0.5) is 0 Å². The third kappa shape index (κ3) is 3.33. The number of pyridine rings is 1. The average molecular weight is 312 g/mol. The molecule has 1 saturated carbocycles. The van der Waals surface area contributed by atoms with E-state index in [1.54, 1.807) is 6.20 Å². The number of aliphatic hydroxyl groups excluding tert-OH is 1. The van der Waals surface area contributed by atoms with E-state index in [9.17, 15) is 5.11 Å². The van der Waals surface area contributed by atoms with Crippen molar-refractivity contribution in [3.05, 3.63) is 36.7 Å². The molecule has 0 radical (unpaired) electrons. The van der Waals surface area contributed by atoms with E-state index in [0.717, 1.165) is 48.5 Å². The molecule has 0 amide bonds. The largest absolute Gasteiger partial charge is 0.488 e. The maximum absolute atomic E-state index is 10.4. The zero-order valence-corrected chi connectivity index (χ0v) is 13.4. The summed E-state index contributed by atoms with van der Waals surface area (Å²) in [6.07, 6.45) is 8.11. The minimum atomic E-state index is -0.409. The van der Waals surface area contributed by atoms with E-state index in [0.29, 0.717) is 0 Å². The predicted molar refractivity (Wildman–Crippen MR) is 90.6 cm³/mol. The number of aromatic nitrogens is 1. The molecule has 2 aromatic rings. The first kappa shape index (κ1) is 14.9. The van der Waals surface area contributed by atoms with Crippen LogP contribution in [0, 0.1) is 5.92 Å². The summed E-state index contributed by atoms with van der Waals surface area (Å²) >= 11 is 0. The molecule has 1 aliphatic heterocycles. The molecule has 0 spiro atoms. The monoisotopic (exact) mass is 312 g/mol.